The van der Waals surface area contributed by atoms with Crippen molar-refractivity contribution < 1.29 is 0 Å². The van der Waals surface area contributed by atoms with E-state index in [0.717, 1.165) is 27.9 Å². The van der Waals surface area contributed by atoms with Crippen LogP contribution in [0.2, 0.25) is 0 Å². The second-order valence-corrected chi connectivity index (χ2v) is 6.40. The fourth-order valence-corrected chi connectivity index (χ4v) is 3.56. The second kappa shape index (κ2) is 5.86. The number of hydrogen-bond donors (Lipinski definition) is 1. The van der Waals surface area contributed by atoms with Gasteiger partial charge in [-0.1, -0.05) is 6.92 Å². The van der Waals surface area contributed by atoms with Gasteiger partial charge in [0.1, 0.15) is 5.03 Å². The molecule has 2 aromatic heterocycles. The van der Waals surface area contributed by atoms with Crippen molar-refractivity contribution in [3.05, 3.63) is 22.8 Å². The smallest absolute Gasteiger partial charge is 0.156 e. The summed E-state index contributed by atoms with van der Waals surface area (Å²) in [5.41, 5.74) is 8.39. The maximum absolute atomic E-state index is 6.07. The molecule has 98 valence electrons. The zero-order valence-electron chi connectivity index (χ0n) is 10.9. The first kappa shape index (κ1) is 13.6. The normalized spacial score (nSPS) is 12.9. The molecular formula is C12H18N4S2. The monoisotopic (exact) mass is 282 g/mol. The maximum atomic E-state index is 6.07. The van der Waals surface area contributed by atoms with Crippen molar-refractivity contribution in [2.75, 3.05) is 0 Å². The van der Waals surface area contributed by atoms with Crippen LogP contribution in [0.5, 0.6) is 0 Å². The van der Waals surface area contributed by atoms with Gasteiger partial charge >= 0.3 is 0 Å². The van der Waals surface area contributed by atoms with Gasteiger partial charge in [0, 0.05) is 30.2 Å². The number of nitrogens with two attached hydrogens (primary N) is 1. The van der Waals surface area contributed by atoms with Crippen molar-refractivity contribution in [2.45, 2.75) is 42.1 Å². The van der Waals surface area contributed by atoms with Gasteiger partial charge in [0.2, 0.25) is 0 Å². The van der Waals surface area contributed by atoms with Crippen molar-refractivity contribution in [3.63, 3.8) is 0 Å². The molecule has 0 aromatic carbocycles. The Bertz CT molecular complexity index is 504. The van der Waals surface area contributed by atoms with Gasteiger partial charge in [-0.05, 0) is 31.5 Å². The van der Waals surface area contributed by atoms with E-state index < -0.39 is 0 Å². The minimum Gasteiger partial charge on any atom is -0.327 e. The van der Waals surface area contributed by atoms with Gasteiger partial charge in [-0.15, -0.1) is 11.3 Å². The topological polar surface area (TPSA) is 56.7 Å². The van der Waals surface area contributed by atoms with Gasteiger partial charge < -0.3 is 5.73 Å². The highest BCUT2D eigenvalue weighted by molar-refractivity contribution is 8.01. The first-order valence-corrected chi connectivity index (χ1v) is 7.66. The Kier molecular flexibility index (Phi) is 4.42. The largest absolute Gasteiger partial charge is 0.327 e. The Morgan fingerprint density at radius 2 is 2.33 bits per heavy atom. The number of hydrogen-bond acceptors (Lipinski definition) is 5. The number of thiazole rings is 1. The zero-order chi connectivity index (χ0) is 13.1. The van der Waals surface area contributed by atoms with Gasteiger partial charge in [0.05, 0.1) is 5.69 Å². The SMILES string of the molecule is CCC(N)Cc1c(C)nn(C)c1Sc1nccs1. The molecule has 0 fully saturated rings. The molecule has 2 aromatic rings. The van der Waals surface area contributed by atoms with Crippen LogP contribution in [0.3, 0.4) is 0 Å². The highest BCUT2D eigenvalue weighted by Crippen LogP contribution is 2.33. The van der Waals surface area contributed by atoms with Crippen molar-refractivity contribution in [2.24, 2.45) is 12.8 Å². The number of aromatic nitrogens is 3. The van der Waals surface area contributed by atoms with Crippen LogP contribution >= 0.6 is 23.1 Å². The molecule has 0 saturated carbocycles. The highest BCUT2D eigenvalue weighted by Gasteiger charge is 2.17. The Hall–Kier alpha value is -0.850. The van der Waals surface area contributed by atoms with Crippen molar-refractivity contribution in [1.82, 2.24) is 14.8 Å². The van der Waals surface area contributed by atoms with E-state index in [9.17, 15) is 0 Å². The van der Waals surface area contributed by atoms with Gasteiger partial charge in [0.25, 0.3) is 0 Å². The standard InChI is InChI=1S/C12H18N4S2/c1-4-9(13)7-10-8(2)15-16(3)11(10)18-12-14-5-6-17-12/h5-6,9H,4,7,13H2,1-3H3. The van der Waals surface area contributed by atoms with E-state index in [1.165, 1.54) is 5.56 Å². The maximum Gasteiger partial charge on any atom is 0.156 e. The summed E-state index contributed by atoms with van der Waals surface area (Å²) in [6.07, 6.45) is 3.69. The summed E-state index contributed by atoms with van der Waals surface area (Å²) in [6, 6.07) is 0.198. The third kappa shape index (κ3) is 2.93. The van der Waals surface area contributed by atoms with Gasteiger partial charge in [-0.3, -0.25) is 4.68 Å². The fraction of sp³-hybridized carbons (Fsp3) is 0.500. The van der Waals surface area contributed by atoms with Crippen LogP contribution in [-0.4, -0.2) is 20.8 Å². The predicted octanol–water partition coefficient (Wildman–Crippen LogP) is 2.62. The average Bonchev–Trinajstić information content (AvgIpc) is 2.93. The van der Waals surface area contributed by atoms with Crippen LogP contribution < -0.4 is 5.73 Å². The summed E-state index contributed by atoms with van der Waals surface area (Å²) in [4.78, 5) is 4.31. The average molecular weight is 282 g/mol. The Labute approximate surface area is 116 Å². The first-order chi connectivity index (χ1) is 8.61. The first-order valence-electron chi connectivity index (χ1n) is 5.97. The molecule has 2 N–H and O–H groups in total. The van der Waals surface area contributed by atoms with Crippen molar-refractivity contribution in [1.29, 1.82) is 0 Å². The zero-order valence-corrected chi connectivity index (χ0v) is 12.5. The van der Waals surface area contributed by atoms with E-state index in [2.05, 4.69) is 17.0 Å². The molecule has 1 atom stereocenters. The van der Waals surface area contributed by atoms with Crippen LogP contribution in [-0.2, 0) is 13.5 Å². The second-order valence-electron chi connectivity index (χ2n) is 4.27. The van der Waals surface area contributed by atoms with Crippen LogP contribution in [0, 0.1) is 6.92 Å². The number of aryl methyl sites for hydroxylation is 2. The molecule has 1 unspecified atom stereocenters. The summed E-state index contributed by atoms with van der Waals surface area (Å²) in [7, 11) is 1.98. The van der Waals surface area contributed by atoms with Gasteiger partial charge in [-0.25, -0.2) is 4.98 Å². The molecular weight excluding hydrogens is 264 g/mol. The fourth-order valence-electron chi connectivity index (χ4n) is 1.79. The Morgan fingerprint density at radius 1 is 1.56 bits per heavy atom. The molecule has 2 heterocycles. The quantitative estimate of drug-likeness (QED) is 0.916. The van der Waals surface area contributed by atoms with E-state index in [1.807, 2.05) is 30.2 Å². The lowest BCUT2D eigenvalue weighted by Crippen LogP contribution is -2.21. The van der Waals surface area contributed by atoms with Crippen molar-refractivity contribution >= 4 is 23.1 Å². The Morgan fingerprint density at radius 3 is 2.94 bits per heavy atom. The third-order valence-corrected chi connectivity index (χ3v) is 4.96. The number of nitrogens with zero attached hydrogens (tertiary/aromatic N) is 3. The minimum absolute atomic E-state index is 0.198. The summed E-state index contributed by atoms with van der Waals surface area (Å²) in [5, 5.41) is 7.64. The molecule has 0 saturated heterocycles. The Balaban J connectivity index is 2.27. The molecule has 18 heavy (non-hydrogen) atoms. The van der Waals surface area contributed by atoms with E-state index >= 15 is 0 Å². The molecule has 0 spiro atoms. The van der Waals surface area contributed by atoms with E-state index in [-0.39, 0.29) is 6.04 Å². The van der Waals surface area contributed by atoms with E-state index in [4.69, 9.17) is 5.73 Å². The lowest BCUT2D eigenvalue weighted by atomic mass is 10.1. The van der Waals surface area contributed by atoms with Crippen LogP contribution in [0.15, 0.2) is 20.9 Å². The van der Waals surface area contributed by atoms with E-state index in [1.54, 1.807) is 23.1 Å². The molecule has 0 aliphatic heterocycles. The summed E-state index contributed by atoms with van der Waals surface area (Å²) < 4.78 is 2.98. The molecule has 0 bridgehead atoms. The summed E-state index contributed by atoms with van der Waals surface area (Å²) in [5.74, 6) is 0. The lowest BCUT2D eigenvalue weighted by Gasteiger charge is -2.09. The van der Waals surface area contributed by atoms with Crippen molar-refractivity contribution in [3.8, 4) is 0 Å². The summed E-state index contributed by atoms with van der Waals surface area (Å²) >= 11 is 3.32. The lowest BCUT2D eigenvalue weighted by molar-refractivity contribution is 0.631. The number of rotatable bonds is 5. The van der Waals surface area contributed by atoms with Gasteiger partial charge in [0.15, 0.2) is 4.34 Å². The molecule has 2 rings (SSSR count). The van der Waals surface area contributed by atoms with Gasteiger partial charge in [-0.2, -0.15) is 5.10 Å². The molecule has 6 heteroatoms. The highest BCUT2D eigenvalue weighted by atomic mass is 32.2. The predicted molar refractivity (Wildman–Crippen MR) is 76.2 cm³/mol. The third-order valence-electron chi connectivity index (χ3n) is 2.87. The molecule has 0 amide bonds. The summed E-state index contributed by atoms with van der Waals surface area (Å²) in [6.45, 7) is 4.16. The van der Waals surface area contributed by atoms with Crippen LogP contribution in [0.25, 0.3) is 0 Å². The molecule has 4 nitrogen and oxygen atoms in total. The molecule has 0 aliphatic rings. The van der Waals surface area contributed by atoms with E-state index in [0.29, 0.717) is 0 Å². The van der Waals surface area contributed by atoms with Crippen LogP contribution in [0.1, 0.15) is 24.6 Å². The molecule has 0 aliphatic carbocycles. The minimum atomic E-state index is 0.198. The van der Waals surface area contributed by atoms with Crippen LogP contribution in [0.4, 0.5) is 0 Å². The molecule has 0 radical (unpaired) electrons.